The summed E-state index contributed by atoms with van der Waals surface area (Å²) in [5.74, 6) is 3.36. The topological polar surface area (TPSA) is 43.4 Å². The third-order valence-electron chi connectivity index (χ3n) is 9.79. The van der Waals surface area contributed by atoms with Gasteiger partial charge in [-0.25, -0.2) is 0 Å². The van der Waals surface area contributed by atoms with Crippen LogP contribution >= 0.6 is 0 Å². The van der Waals surface area contributed by atoms with E-state index in [1.54, 1.807) is 5.57 Å². The van der Waals surface area contributed by atoms with Crippen molar-refractivity contribution in [3.05, 3.63) is 11.6 Å². The molecule has 0 heterocycles. The lowest BCUT2D eigenvalue weighted by Crippen LogP contribution is -2.51. The molecule has 0 unspecified atom stereocenters. The maximum atomic E-state index is 13.0. The number of carbonyl (C=O) groups excluding carboxylic acids is 2. The minimum Gasteiger partial charge on any atom is -0.462 e. The lowest BCUT2D eigenvalue weighted by atomic mass is 9.47. The lowest BCUT2D eigenvalue weighted by molar-refractivity contribution is -0.149. The van der Waals surface area contributed by atoms with E-state index in [0.29, 0.717) is 24.0 Å². The SMILES string of the molecule is CCC(=O)[C@H]1[C@H](CC)C[C@@H]2[C@@H]3CC=C4C[C@@H](OC(C)=O)CC[C@]4(C)[C@H]3CC[C@@]21C. The Hall–Kier alpha value is -1.12. The van der Waals surface area contributed by atoms with Gasteiger partial charge in [-0.3, -0.25) is 9.59 Å². The second kappa shape index (κ2) is 7.54. The first-order chi connectivity index (χ1) is 13.7. The van der Waals surface area contributed by atoms with Crippen LogP contribution in [0.5, 0.6) is 0 Å². The van der Waals surface area contributed by atoms with Crippen LogP contribution in [0.1, 0.15) is 92.4 Å². The first-order valence-electron chi connectivity index (χ1n) is 12.1. The maximum Gasteiger partial charge on any atom is 0.302 e. The number of carbonyl (C=O) groups is 2. The Labute approximate surface area is 177 Å². The fourth-order valence-electron chi connectivity index (χ4n) is 8.39. The number of hydrogen-bond acceptors (Lipinski definition) is 3. The Morgan fingerprint density at radius 1 is 1.14 bits per heavy atom. The molecule has 3 heteroatoms. The molecular weight excluding hydrogens is 360 g/mol. The smallest absolute Gasteiger partial charge is 0.302 e. The number of fused-ring (bicyclic) bond motifs is 5. The van der Waals surface area contributed by atoms with Crippen LogP contribution in [0.25, 0.3) is 0 Å². The summed E-state index contributed by atoms with van der Waals surface area (Å²) in [6.07, 6.45) is 12.3. The van der Waals surface area contributed by atoms with E-state index in [1.807, 2.05) is 0 Å². The molecule has 0 saturated heterocycles. The summed E-state index contributed by atoms with van der Waals surface area (Å²) in [6, 6.07) is 0. The molecule has 0 bridgehead atoms. The van der Waals surface area contributed by atoms with E-state index < -0.39 is 0 Å². The highest BCUT2D eigenvalue weighted by Crippen LogP contribution is 2.67. The van der Waals surface area contributed by atoms with E-state index in [1.165, 1.54) is 26.2 Å². The Kier molecular flexibility index (Phi) is 5.49. The van der Waals surface area contributed by atoms with Crippen LogP contribution in [0.3, 0.4) is 0 Å². The predicted octanol–water partition coefficient (Wildman–Crippen LogP) is 6.11. The Morgan fingerprint density at radius 3 is 2.55 bits per heavy atom. The zero-order valence-electron chi connectivity index (χ0n) is 19.1. The van der Waals surface area contributed by atoms with Crippen LogP contribution in [0.15, 0.2) is 11.6 Å². The summed E-state index contributed by atoms with van der Waals surface area (Å²) in [7, 11) is 0. The molecule has 0 aromatic carbocycles. The Balaban J connectivity index is 1.61. The molecule has 0 amide bonds. The van der Waals surface area contributed by atoms with Gasteiger partial charge in [0.05, 0.1) is 0 Å². The zero-order valence-corrected chi connectivity index (χ0v) is 19.1. The second-order valence-electron chi connectivity index (χ2n) is 11.0. The average Bonchev–Trinajstić information content (AvgIpc) is 2.99. The molecule has 0 aromatic heterocycles. The summed E-state index contributed by atoms with van der Waals surface area (Å²) in [5.41, 5.74) is 2.01. The van der Waals surface area contributed by atoms with Gasteiger partial charge in [0.15, 0.2) is 0 Å². The van der Waals surface area contributed by atoms with Crippen molar-refractivity contribution in [3.63, 3.8) is 0 Å². The molecule has 3 nitrogen and oxygen atoms in total. The molecule has 29 heavy (non-hydrogen) atoms. The lowest BCUT2D eigenvalue weighted by Gasteiger charge is -2.58. The number of hydrogen-bond donors (Lipinski definition) is 0. The highest BCUT2D eigenvalue weighted by Gasteiger charge is 2.61. The van der Waals surface area contributed by atoms with Crippen LogP contribution in [-0.4, -0.2) is 17.9 Å². The molecule has 0 N–H and O–H groups in total. The molecule has 0 aromatic rings. The highest BCUT2D eigenvalue weighted by molar-refractivity contribution is 5.82. The van der Waals surface area contributed by atoms with Gasteiger partial charge in [0, 0.05) is 25.7 Å². The number of rotatable bonds is 4. The summed E-state index contributed by atoms with van der Waals surface area (Å²) >= 11 is 0. The van der Waals surface area contributed by atoms with Crippen LogP contribution in [0.4, 0.5) is 0 Å². The molecular formula is C26H40O3. The van der Waals surface area contributed by atoms with E-state index in [-0.39, 0.29) is 28.8 Å². The first kappa shape index (κ1) is 21.1. The predicted molar refractivity (Wildman–Crippen MR) is 115 cm³/mol. The number of Topliss-reactive ketones (excluding diaryl/α,β-unsaturated/α-hetero) is 1. The standard InChI is InChI=1S/C26H40O3/c1-6-17-14-22-20-9-8-18-15-19(29-16(3)27)10-12-25(18,4)21(20)11-13-26(22,5)24(17)23(28)7-2/h8,17,19-22,24H,6-7,9-15H2,1-5H3/t17-,19+,20-,21+,22-,24-,25+,26+/m1/s1. The molecule has 4 aliphatic carbocycles. The summed E-state index contributed by atoms with van der Waals surface area (Å²) < 4.78 is 5.57. The normalized spacial score (nSPS) is 46.2. The number of esters is 1. The third kappa shape index (κ3) is 3.22. The van der Waals surface area contributed by atoms with Crippen molar-refractivity contribution >= 4 is 11.8 Å². The zero-order chi connectivity index (χ0) is 21.0. The van der Waals surface area contributed by atoms with E-state index in [4.69, 9.17) is 4.74 Å². The maximum absolute atomic E-state index is 13.0. The molecule has 4 rings (SSSR count). The van der Waals surface area contributed by atoms with Gasteiger partial charge in [-0.15, -0.1) is 0 Å². The fraction of sp³-hybridized carbons (Fsp3) is 0.846. The molecule has 162 valence electrons. The first-order valence-corrected chi connectivity index (χ1v) is 12.1. The van der Waals surface area contributed by atoms with Crippen LogP contribution in [-0.2, 0) is 14.3 Å². The second-order valence-corrected chi connectivity index (χ2v) is 11.0. The quantitative estimate of drug-likeness (QED) is 0.422. The summed E-state index contributed by atoms with van der Waals surface area (Å²) in [5, 5.41) is 0. The highest BCUT2D eigenvalue weighted by atomic mass is 16.5. The van der Waals surface area contributed by atoms with E-state index in [9.17, 15) is 9.59 Å². The van der Waals surface area contributed by atoms with Gasteiger partial charge in [-0.05, 0) is 73.0 Å². The van der Waals surface area contributed by atoms with Crippen molar-refractivity contribution < 1.29 is 14.3 Å². The number of ether oxygens (including phenoxy) is 1. The van der Waals surface area contributed by atoms with E-state index in [2.05, 4.69) is 33.8 Å². The van der Waals surface area contributed by atoms with Crippen molar-refractivity contribution in [2.24, 2.45) is 40.4 Å². The molecule has 3 fully saturated rings. The largest absolute Gasteiger partial charge is 0.462 e. The minimum atomic E-state index is -0.149. The minimum absolute atomic E-state index is 0.0692. The van der Waals surface area contributed by atoms with Crippen LogP contribution in [0.2, 0.25) is 0 Å². The molecule has 0 spiro atoms. The average molecular weight is 401 g/mol. The van der Waals surface area contributed by atoms with Crippen molar-refractivity contribution in [2.45, 2.75) is 98.5 Å². The Bertz CT molecular complexity index is 709. The van der Waals surface area contributed by atoms with E-state index >= 15 is 0 Å². The molecule has 3 saturated carbocycles. The van der Waals surface area contributed by atoms with Gasteiger partial charge in [0.25, 0.3) is 0 Å². The summed E-state index contributed by atoms with van der Waals surface area (Å²) in [6.45, 7) is 10.8. The molecule has 0 radical (unpaired) electrons. The van der Waals surface area contributed by atoms with E-state index in [0.717, 1.165) is 43.9 Å². The van der Waals surface area contributed by atoms with Gasteiger partial charge >= 0.3 is 5.97 Å². The molecule has 8 atom stereocenters. The Morgan fingerprint density at radius 2 is 1.90 bits per heavy atom. The number of allylic oxidation sites excluding steroid dienone is 1. The van der Waals surface area contributed by atoms with Crippen molar-refractivity contribution in [1.82, 2.24) is 0 Å². The van der Waals surface area contributed by atoms with Gasteiger partial charge in [-0.2, -0.15) is 0 Å². The fourth-order valence-corrected chi connectivity index (χ4v) is 8.39. The molecule has 4 aliphatic rings. The number of ketones is 1. The van der Waals surface area contributed by atoms with Gasteiger partial charge in [0.1, 0.15) is 11.9 Å². The molecule has 0 aliphatic heterocycles. The third-order valence-corrected chi connectivity index (χ3v) is 9.79. The van der Waals surface area contributed by atoms with Crippen LogP contribution < -0.4 is 0 Å². The van der Waals surface area contributed by atoms with Gasteiger partial charge in [-0.1, -0.05) is 45.8 Å². The van der Waals surface area contributed by atoms with Crippen molar-refractivity contribution in [2.75, 3.05) is 0 Å². The van der Waals surface area contributed by atoms with Gasteiger partial charge < -0.3 is 4.74 Å². The van der Waals surface area contributed by atoms with Crippen LogP contribution in [0, 0.1) is 40.4 Å². The van der Waals surface area contributed by atoms with Crippen molar-refractivity contribution in [1.29, 1.82) is 0 Å². The van der Waals surface area contributed by atoms with Crippen molar-refractivity contribution in [3.8, 4) is 0 Å². The van der Waals surface area contributed by atoms with Gasteiger partial charge in [0.2, 0.25) is 0 Å². The monoisotopic (exact) mass is 400 g/mol. The summed E-state index contributed by atoms with van der Waals surface area (Å²) in [4.78, 5) is 24.4.